The van der Waals surface area contributed by atoms with Crippen molar-refractivity contribution in [2.24, 2.45) is 5.41 Å². The van der Waals surface area contributed by atoms with Crippen LogP contribution in [0.4, 0.5) is 0 Å². The van der Waals surface area contributed by atoms with Crippen molar-refractivity contribution in [3.8, 4) is 6.07 Å². The van der Waals surface area contributed by atoms with Crippen molar-refractivity contribution < 1.29 is 0 Å². The Labute approximate surface area is 103 Å². The molecular weight excluding hydrogens is 210 g/mol. The van der Waals surface area contributed by atoms with Crippen molar-refractivity contribution in [2.45, 2.75) is 52.9 Å². The predicted molar refractivity (Wildman–Crippen MR) is 66.5 cm³/mol. The molecule has 1 heterocycles. The summed E-state index contributed by atoms with van der Waals surface area (Å²) >= 11 is 0. The van der Waals surface area contributed by atoms with Crippen molar-refractivity contribution in [3.63, 3.8) is 0 Å². The van der Waals surface area contributed by atoms with E-state index in [0.29, 0.717) is 17.7 Å². The minimum Gasteiger partial charge on any atom is -0.237 e. The summed E-state index contributed by atoms with van der Waals surface area (Å²) in [5, 5.41) is 8.74. The molecule has 2 rings (SSSR count). The molecule has 0 amide bonds. The summed E-state index contributed by atoms with van der Waals surface area (Å²) in [7, 11) is 0. The van der Waals surface area contributed by atoms with E-state index in [-0.39, 0.29) is 0 Å². The normalized spacial score (nSPS) is 17.3. The van der Waals surface area contributed by atoms with Crippen LogP contribution in [0.1, 0.15) is 50.0 Å². The van der Waals surface area contributed by atoms with Crippen LogP contribution in [0.2, 0.25) is 0 Å². The summed E-state index contributed by atoms with van der Waals surface area (Å²) in [6, 6.07) is 2.13. The molecule has 1 aromatic rings. The molecule has 1 aliphatic carbocycles. The average Bonchev–Trinajstić information content (AvgIpc) is 2.28. The smallest absolute Gasteiger partial charge is 0.142 e. The van der Waals surface area contributed by atoms with Crippen molar-refractivity contribution in [1.29, 1.82) is 5.26 Å². The van der Waals surface area contributed by atoms with Gasteiger partial charge in [-0.3, -0.25) is 0 Å². The lowest BCUT2D eigenvalue weighted by Crippen LogP contribution is -2.25. The molecule has 17 heavy (non-hydrogen) atoms. The van der Waals surface area contributed by atoms with Gasteiger partial charge in [-0.1, -0.05) is 20.8 Å². The Morgan fingerprint density at radius 1 is 1.35 bits per heavy atom. The maximum Gasteiger partial charge on any atom is 0.142 e. The van der Waals surface area contributed by atoms with Gasteiger partial charge in [-0.05, 0) is 36.7 Å². The lowest BCUT2D eigenvalue weighted by Gasteiger charge is -2.31. The Bertz CT molecular complexity index is 452. The zero-order chi connectivity index (χ0) is 12.5. The third-order valence-corrected chi connectivity index (χ3v) is 3.49. The SMILES string of the molecule is CCc1nc(CC#N)nc2c1CC(C)(C)CC2. The minimum absolute atomic E-state index is 0.323. The maximum absolute atomic E-state index is 8.74. The summed E-state index contributed by atoms with van der Waals surface area (Å²) in [6.45, 7) is 6.73. The fourth-order valence-electron chi connectivity index (χ4n) is 2.51. The largest absolute Gasteiger partial charge is 0.237 e. The first-order valence-corrected chi connectivity index (χ1v) is 6.30. The fraction of sp³-hybridized carbons (Fsp3) is 0.643. The van der Waals surface area contributed by atoms with Crippen molar-refractivity contribution in [2.75, 3.05) is 0 Å². The first-order chi connectivity index (χ1) is 8.05. The molecule has 0 radical (unpaired) electrons. The summed E-state index contributed by atoms with van der Waals surface area (Å²) in [5.41, 5.74) is 4.02. The Morgan fingerprint density at radius 3 is 2.76 bits per heavy atom. The number of aromatic nitrogens is 2. The molecule has 0 aromatic carbocycles. The molecule has 3 nitrogen and oxygen atoms in total. The molecule has 0 aliphatic heterocycles. The van der Waals surface area contributed by atoms with Crippen LogP contribution in [-0.2, 0) is 25.7 Å². The molecule has 0 bridgehead atoms. The fourth-order valence-corrected chi connectivity index (χ4v) is 2.51. The van der Waals surface area contributed by atoms with E-state index < -0.39 is 0 Å². The van der Waals surface area contributed by atoms with Crippen LogP contribution in [0.5, 0.6) is 0 Å². The topological polar surface area (TPSA) is 49.6 Å². The number of nitriles is 1. The number of nitrogens with zero attached hydrogens (tertiary/aromatic N) is 3. The van der Waals surface area contributed by atoms with Gasteiger partial charge < -0.3 is 0 Å². The highest BCUT2D eigenvalue weighted by Crippen LogP contribution is 2.35. The van der Waals surface area contributed by atoms with Crippen LogP contribution in [0.15, 0.2) is 0 Å². The summed E-state index contributed by atoms with van der Waals surface area (Å²) in [4.78, 5) is 9.07. The van der Waals surface area contributed by atoms with Gasteiger partial charge in [0.1, 0.15) is 5.82 Å². The van der Waals surface area contributed by atoms with Crippen molar-refractivity contribution in [1.82, 2.24) is 9.97 Å². The van der Waals surface area contributed by atoms with Crippen LogP contribution in [0.25, 0.3) is 0 Å². The van der Waals surface area contributed by atoms with Crippen LogP contribution in [0, 0.1) is 16.7 Å². The third-order valence-electron chi connectivity index (χ3n) is 3.49. The lowest BCUT2D eigenvalue weighted by molar-refractivity contribution is 0.309. The summed E-state index contributed by atoms with van der Waals surface area (Å²) < 4.78 is 0. The number of fused-ring (bicyclic) bond motifs is 1. The number of rotatable bonds is 2. The van der Waals surface area contributed by atoms with E-state index in [0.717, 1.165) is 25.0 Å². The molecule has 0 atom stereocenters. The first-order valence-electron chi connectivity index (χ1n) is 6.30. The Kier molecular flexibility index (Phi) is 3.15. The molecule has 0 spiro atoms. The Morgan fingerprint density at radius 2 is 2.12 bits per heavy atom. The molecule has 0 saturated heterocycles. The molecule has 0 N–H and O–H groups in total. The number of hydrogen-bond donors (Lipinski definition) is 0. The maximum atomic E-state index is 8.74. The van der Waals surface area contributed by atoms with Gasteiger partial charge in [-0.25, -0.2) is 9.97 Å². The van der Waals surface area contributed by atoms with E-state index in [2.05, 4.69) is 36.8 Å². The monoisotopic (exact) mass is 229 g/mol. The zero-order valence-corrected chi connectivity index (χ0v) is 10.9. The van der Waals surface area contributed by atoms with Gasteiger partial charge in [0.2, 0.25) is 0 Å². The molecule has 1 aromatic heterocycles. The highest BCUT2D eigenvalue weighted by molar-refractivity contribution is 5.30. The van der Waals surface area contributed by atoms with Gasteiger partial charge in [-0.15, -0.1) is 0 Å². The second-order valence-corrected chi connectivity index (χ2v) is 5.54. The second kappa shape index (κ2) is 4.44. The summed E-state index contributed by atoms with van der Waals surface area (Å²) in [6.07, 6.45) is 4.52. The Balaban J connectivity index is 2.45. The van der Waals surface area contributed by atoms with E-state index in [1.807, 2.05) is 0 Å². The van der Waals surface area contributed by atoms with Gasteiger partial charge in [0.25, 0.3) is 0 Å². The highest BCUT2D eigenvalue weighted by Gasteiger charge is 2.28. The molecule has 90 valence electrons. The van der Waals surface area contributed by atoms with Crippen LogP contribution >= 0.6 is 0 Å². The quantitative estimate of drug-likeness (QED) is 0.783. The third kappa shape index (κ3) is 2.46. The standard InChI is InChI=1S/C14H19N3/c1-4-11-10-9-14(2,3)7-5-12(10)17-13(16-11)6-8-15/h4-7,9H2,1-3H3. The van der Waals surface area contributed by atoms with Crippen LogP contribution in [0.3, 0.4) is 0 Å². The zero-order valence-electron chi connectivity index (χ0n) is 10.9. The lowest BCUT2D eigenvalue weighted by atomic mass is 9.75. The summed E-state index contributed by atoms with van der Waals surface area (Å²) in [5.74, 6) is 0.697. The van der Waals surface area contributed by atoms with Gasteiger partial charge in [0.15, 0.2) is 0 Å². The van der Waals surface area contributed by atoms with Gasteiger partial charge in [0, 0.05) is 11.4 Å². The first kappa shape index (κ1) is 12.0. The van der Waals surface area contributed by atoms with Gasteiger partial charge >= 0.3 is 0 Å². The van der Waals surface area contributed by atoms with Crippen molar-refractivity contribution >= 4 is 0 Å². The molecule has 1 aliphatic rings. The molecule has 0 unspecified atom stereocenters. The van der Waals surface area contributed by atoms with E-state index >= 15 is 0 Å². The van der Waals surface area contributed by atoms with E-state index in [1.54, 1.807) is 0 Å². The second-order valence-electron chi connectivity index (χ2n) is 5.54. The minimum atomic E-state index is 0.323. The number of aryl methyl sites for hydroxylation is 2. The van der Waals surface area contributed by atoms with Gasteiger partial charge in [0.05, 0.1) is 12.5 Å². The van der Waals surface area contributed by atoms with E-state index in [4.69, 9.17) is 5.26 Å². The molecule has 3 heteroatoms. The van der Waals surface area contributed by atoms with E-state index in [1.165, 1.54) is 17.7 Å². The molecule has 0 saturated carbocycles. The van der Waals surface area contributed by atoms with Crippen LogP contribution < -0.4 is 0 Å². The Hall–Kier alpha value is -1.43. The highest BCUT2D eigenvalue weighted by atomic mass is 14.9. The number of hydrogen-bond acceptors (Lipinski definition) is 3. The molecular formula is C14H19N3. The predicted octanol–water partition coefficient (Wildman–Crippen LogP) is 2.62. The van der Waals surface area contributed by atoms with E-state index in [9.17, 15) is 0 Å². The van der Waals surface area contributed by atoms with Gasteiger partial charge in [-0.2, -0.15) is 5.26 Å². The van der Waals surface area contributed by atoms with Crippen molar-refractivity contribution in [3.05, 3.63) is 22.8 Å². The molecule has 0 fully saturated rings. The van der Waals surface area contributed by atoms with Crippen LogP contribution in [-0.4, -0.2) is 9.97 Å². The average molecular weight is 229 g/mol.